The van der Waals surface area contributed by atoms with E-state index in [0.717, 1.165) is 13.8 Å². The van der Waals surface area contributed by atoms with Crippen molar-refractivity contribution in [3.8, 4) is 0 Å². The van der Waals surface area contributed by atoms with E-state index in [2.05, 4.69) is 25.0 Å². The van der Waals surface area contributed by atoms with Crippen molar-refractivity contribution in [2.24, 2.45) is 5.73 Å². The smallest absolute Gasteiger partial charge is 0.481 e. The molecule has 0 unspecified atom stereocenters. The summed E-state index contributed by atoms with van der Waals surface area (Å²) < 4.78 is 62.9. The molecular weight excluding hydrogens is 729 g/mol. The van der Waals surface area contributed by atoms with Crippen LogP contribution in [0.25, 0.3) is 0 Å². The summed E-state index contributed by atoms with van der Waals surface area (Å²) in [7, 11) is -9.22. The standard InChI is InChI=1S/C19H35N5O16P2.C2HF3O2/c1-8(39-41(33,34)35)14(20)18(31)24-15(9(2)40-42(36,37)38)19(32)23-11(5-7-13(27)28)17(30)22-10(16(29)21-3)4-6-12(25)26;3-2(4,5)1(6)7/h8-11,14-15H,4-7,20H2,1-3H3,(H,21,29)(H,22,30)(H,23,32)(H,24,31)(H,25,26)(H,27,28)(H2,33,34,35)(H2,36,37,38);(H,6,7)/t8-,9-,10+,11+,14+,15+;/m1./s1. The van der Waals surface area contributed by atoms with Crippen molar-refractivity contribution in [3.05, 3.63) is 0 Å². The minimum absolute atomic E-state index is 0.390. The summed E-state index contributed by atoms with van der Waals surface area (Å²) in [6, 6.07) is -7.09. The summed E-state index contributed by atoms with van der Waals surface area (Å²) in [5, 5.41) is 33.5. The molecule has 0 aromatic carbocycles. The monoisotopic (exact) mass is 765 g/mol. The fourth-order valence-electron chi connectivity index (χ4n) is 3.20. The van der Waals surface area contributed by atoms with Crippen LogP contribution in [0, 0.1) is 0 Å². The zero-order chi connectivity index (χ0) is 39.1. The van der Waals surface area contributed by atoms with E-state index < -0.39 is 119 Å². The zero-order valence-electron chi connectivity index (χ0n) is 25.5. The number of carboxylic acids is 3. The van der Waals surface area contributed by atoms with Gasteiger partial charge < -0.3 is 61.9 Å². The molecule has 0 radical (unpaired) electrons. The molecule has 49 heavy (non-hydrogen) atoms. The molecule has 23 nitrogen and oxygen atoms in total. The van der Waals surface area contributed by atoms with Crippen molar-refractivity contribution in [2.75, 3.05) is 7.05 Å². The van der Waals surface area contributed by atoms with E-state index in [4.69, 9.17) is 45.4 Å². The van der Waals surface area contributed by atoms with Crippen LogP contribution in [-0.4, -0.2) is 126 Å². The lowest BCUT2D eigenvalue weighted by molar-refractivity contribution is -0.192. The molecule has 0 aromatic heterocycles. The molecule has 4 amide bonds. The molecule has 0 aliphatic heterocycles. The Morgan fingerprint density at radius 3 is 1.41 bits per heavy atom. The van der Waals surface area contributed by atoms with Crippen LogP contribution >= 0.6 is 15.6 Å². The van der Waals surface area contributed by atoms with Crippen LogP contribution in [0.3, 0.4) is 0 Å². The van der Waals surface area contributed by atoms with E-state index in [1.54, 1.807) is 0 Å². The van der Waals surface area contributed by atoms with E-state index in [0.29, 0.717) is 0 Å². The molecule has 13 N–H and O–H groups in total. The highest BCUT2D eigenvalue weighted by Gasteiger charge is 2.39. The highest BCUT2D eigenvalue weighted by Crippen LogP contribution is 2.39. The van der Waals surface area contributed by atoms with Gasteiger partial charge in [-0.15, -0.1) is 0 Å². The van der Waals surface area contributed by atoms with Crippen molar-refractivity contribution >= 4 is 57.2 Å². The lowest BCUT2D eigenvalue weighted by atomic mass is 10.1. The Morgan fingerprint density at radius 2 is 1.06 bits per heavy atom. The van der Waals surface area contributed by atoms with Crippen LogP contribution in [0.5, 0.6) is 0 Å². The first-order valence-corrected chi connectivity index (χ1v) is 16.2. The van der Waals surface area contributed by atoms with Gasteiger partial charge in [0.1, 0.15) is 24.2 Å². The molecule has 0 aliphatic rings. The number of carbonyl (C=O) groups is 7. The van der Waals surface area contributed by atoms with Crippen LogP contribution in [-0.2, 0) is 51.7 Å². The highest BCUT2D eigenvalue weighted by atomic mass is 31.2. The number of nitrogens with one attached hydrogen (secondary N) is 4. The first-order valence-electron chi connectivity index (χ1n) is 13.1. The number of carbonyl (C=O) groups excluding carboxylic acids is 4. The average Bonchev–Trinajstić information content (AvgIpc) is 2.92. The number of aliphatic carboxylic acids is 3. The molecule has 0 aliphatic carbocycles. The SMILES string of the molecule is CNC(=O)[C@H](CCC(=O)O)NC(=O)[C@H](CCC(=O)O)NC(=O)[C@@H](NC(=O)[C@@H](N)[C@@H](C)OP(=O)(O)O)[C@@H](C)OP(=O)(O)O.O=C(O)C(F)(F)F. The minimum atomic E-state index is -5.30. The number of rotatable bonds is 19. The van der Waals surface area contributed by atoms with E-state index in [-0.39, 0.29) is 6.42 Å². The van der Waals surface area contributed by atoms with Crippen LogP contribution < -0.4 is 27.0 Å². The molecule has 0 heterocycles. The number of phosphoric ester groups is 2. The molecule has 0 saturated carbocycles. The molecular formula is C21H36F3N5O18P2. The number of carboxylic acid groups (broad SMARTS) is 3. The van der Waals surface area contributed by atoms with E-state index in [9.17, 15) is 51.1 Å². The van der Waals surface area contributed by atoms with Gasteiger partial charge in [-0.1, -0.05) is 0 Å². The molecule has 0 bridgehead atoms. The van der Waals surface area contributed by atoms with Crippen molar-refractivity contribution in [3.63, 3.8) is 0 Å². The van der Waals surface area contributed by atoms with Gasteiger partial charge >= 0.3 is 39.7 Å². The summed E-state index contributed by atoms with van der Waals surface area (Å²) in [4.78, 5) is 118. The maximum Gasteiger partial charge on any atom is 0.490 e. The summed E-state index contributed by atoms with van der Waals surface area (Å²) in [5.41, 5.74) is 5.60. The quantitative estimate of drug-likeness (QED) is 0.0578. The van der Waals surface area contributed by atoms with Gasteiger partial charge in [0.2, 0.25) is 23.6 Å². The lowest BCUT2D eigenvalue weighted by Crippen LogP contribution is -2.61. The van der Waals surface area contributed by atoms with Crippen molar-refractivity contribution in [1.82, 2.24) is 21.3 Å². The largest absolute Gasteiger partial charge is 0.490 e. The third-order valence-electron chi connectivity index (χ3n) is 5.51. The first kappa shape index (κ1) is 47.4. The van der Waals surface area contributed by atoms with E-state index in [1.165, 1.54) is 7.05 Å². The van der Waals surface area contributed by atoms with Gasteiger partial charge in [0, 0.05) is 19.9 Å². The maximum absolute atomic E-state index is 13.1. The molecule has 0 spiro atoms. The van der Waals surface area contributed by atoms with Crippen LogP contribution in [0.1, 0.15) is 39.5 Å². The molecule has 284 valence electrons. The number of nitrogens with two attached hydrogens (primary N) is 1. The van der Waals surface area contributed by atoms with Gasteiger partial charge in [0.15, 0.2) is 0 Å². The van der Waals surface area contributed by atoms with Gasteiger partial charge in [-0.05, 0) is 26.7 Å². The third kappa shape index (κ3) is 21.8. The number of hydrogen-bond acceptors (Lipinski definition) is 12. The second kappa shape index (κ2) is 20.7. The Balaban J connectivity index is 0. The van der Waals surface area contributed by atoms with Crippen LogP contribution in [0.2, 0.25) is 0 Å². The third-order valence-corrected chi connectivity index (χ3v) is 6.73. The van der Waals surface area contributed by atoms with E-state index in [1.807, 2.05) is 5.32 Å². The molecule has 0 aromatic rings. The van der Waals surface area contributed by atoms with Gasteiger partial charge in [-0.2, -0.15) is 13.2 Å². The zero-order valence-corrected chi connectivity index (χ0v) is 27.3. The molecule has 28 heteroatoms. The Kier molecular flexibility index (Phi) is 20.0. The van der Waals surface area contributed by atoms with Crippen molar-refractivity contribution in [1.29, 1.82) is 0 Å². The van der Waals surface area contributed by atoms with Gasteiger partial charge in [-0.3, -0.25) is 37.8 Å². The van der Waals surface area contributed by atoms with Crippen molar-refractivity contribution < 1.29 is 99.8 Å². The maximum atomic E-state index is 13.1. The Hall–Kier alpha value is -3.74. The van der Waals surface area contributed by atoms with Gasteiger partial charge in [0.25, 0.3) is 0 Å². The van der Waals surface area contributed by atoms with Gasteiger partial charge in [-0.25, -0.2) is 13.9 Å². The second-order valence-electron chi connectivity index (χ2n) is 9.52. The number of amides is 4. The number of halogens is 3. The number of hydrogen-bond donors (Lipinski definition) is 12. The molecule has 0 rings (SSSR count). The average molecular weight is 765 g/mol. The Labute approximate surface area is 273 Å². The number of phosphoric acid groups is 2. The lowest BCUT2D eigenvalue weighted by Gasteiger charge is -2.29. The van der Waals surface area contributed by atoms with E-state index >= 15 is 0 Å². The van der Waals surface area contributed by atoms with Crippen molar-refractivity contribution in [2.45, 2.75) is 82.1 Å². The predicted octanol–water partition coefficient (Wildman–Crippen LogP) is -3.13. The topological polar surface area (TPSA) is 388 Å². The Bertz CT molecular complexity index is 1290. The number of likely N-dealkylation sites (N-methyl/N-ethyl adjacent to an activating group) is 1. The molecule has 0 saturated heterocycles. The minimum Gasteiger partial charge on any atom is -0.481 e. The van der Waals surface area contributed by atoms with Crippen LogP contribution in [0.15, 0.2) is 0 Å². The van der Waals surface area contributed by atoms with Crippen LogP contribution in [0.4, 0.5) is 13.2 Å². The fraction of sp³-hybridized carbons (Fsp3) is 0.667. The Morgan fingerprint density at radius 1 is 0.694 bits per heavy atom. The first-order chi connectivity index (χ1) is 22.0. The summed E-state index contributed by atoms with van der Waals surface area (Å²) in [6.07, 6.45) is -10.8. The normalized spacial score (nSPS) is 15.4. The summed E-state index contributed by atoms with van der Waals surface area (Å²) in [6.45, 7) is 1.91. The number of alkyl halides is 3. The fourth-order valence-corrected chi connectivity index (χ4v) is 4.32. The van der Waals surface area contributed by atoms with Gasteiger partial charge in [0.05, 0.1) is 12.2 Å². The molecule has 6 atom stereocenters. The highest BCUT2D eigenvalue weighted by molar-refractivity contribution is 7.46. The second-order valence-corrected chi connectivity index (χ2v) is 11.9. The predicted molar refractivity (Wildman–Crippen MR) is 150 cm³/mol. The summed E-state index contributed by atoms with van der Waals surface area (Å²) in [5.74, 6) is -10.1. The molecule has 0 fully saturated rings. The summed E-state index contributed by atoms with van der Waals surface area (Å²) >= 11 is 0.